The zero-order valence-electron chi connectivity index (χ0n) is 9.54. The first-order valence-electron chi connectivity index (χ1n) is 5.36. The smallest absolute Gasteiger partial charge is 0.0455 e. The highest BCUT2D eigenvalue weighted by atomic mass is 35.5. The van der Waals surface area contributed by atoms with E-state index in [2.05, 4.69) is 13.8 Å². The van der Waals surface area contributed by atoms with Crippen LogP contribution < -0.4 is 5.73 Å². The van der Waals surface area contributed by atoms with Crippen LogP contribution in [0.5, 0.6) is 0 Å². The second-order valence-corrected chi connectivity index (χ2v) is 6.14. The Balaban J connectivity index is 2.65. The van der Waals surface area contributed by atoms with Gasteiger partial charge in [0.2, 0.25) is 0 Å². The summed E-state index contributed by atoms with van der Waals surface area (Å²) in [6.07, 6.45) is 1.15. The third kappa shape index (κ3) is 4.17. The maximum atomic E-state index is 6.10. The fraction of sp³-hybridized carbons (Fsp3) is 0.500. The van der Waals surface area contributed by atoms with Gasteiger partial charge < -0.3 is 5.73 Å². The Kier molecular flexibility index (Phi) is 5.98. The fourth-order valence-corrected chi connectivity index (χ4v) is 2.66. The van der Waals surface area contributed by atoms with E-state index in [0.717, 1.165) is 17.7 Å². The molecule has 0 saturated heterocycles. The predicted octanol–water partition coefficient (Wildman–Crippen LogP) is 4.52. The molecule has 0 radical (unpaired) electrons. The molecule has 0 spiro atoms. The molecule has 0 aliphatic rings. The second kappa shape index (κ2) is 6.75. The van der Waals surface area contributed by atoms with E-state index >= 15 is 0 Å². The first-order valence-corrected chi connectivity index (χ1v) is 7.17. The van der Waals surface area contributed by atoms with E-state index in [1.165, 1.54) is 0 Å². The minimum Gasteiger partial charge on any atom is -0.323 e. The van der Waals surface area contributed by atoms with Gasteiger partial charge in [0.05, 0.1) is 0 Å². The molecule has 0 aromatic heterocycles. The minimum absolute atomic E-state index is 0.0507. The Hall–Kier alpha value is 0.110. The van der Waals surface area contributed by atoms with Crippen molar-refractivity contribution in [3.8, 4) is 0 Å². The molecule has 16 heavy (non-hydrogen) atoms. The molecule has 0 saturated carbocycles. The standard InChI is InChI=1S/C12H17Cl2NS/c1-3-8(2)16-7-12(15)10-6-9(13)4-5-11(10)14/h4-6,8,12H,3,7,15H2,1-2H3. The van der Waals surface area contributed by atoms with Crippen molar-refractivity contribution < 1.29 is 0 Å². The third-order valence-corrected chi connectivity index (χ3v) is 4.53. The Morgan fingerprint density at radius 1 is 1.38 bits per heavy atom. The van der Waals surface area contributed by atoms with Gasteiger partial charge in [-0.25, -0.2) is 0 Å². The summed E-state index contributed by atoms with van der Waals surface area (Å²) in [7, 11) is 0. The highest BCUT2D eigenvalue weighted by Gasteiger charge is 2.12. The van der Waals surface area contributed by atoms with Gasteiger partial charge in [0.15, 0.2) is 0 Å². The molecule has 1 rings (SSSR count). The van der Waals surface area contributed by atoms with Crippen LogP contribution in [0.2, 0.25) is 10.0 Å². The molecule has 0 aliphatic carbocycles. The van der Waals surface area contributed by atoms with Crippen LogP contribution >= 0.6 is 35.0 Å². The van der Waals surface area contributed by atoms with Gasteiger partial charge in [0, 0.05) is 27.1 Å². The molecule has 0 amide bonds. The maximum Gasteiger partial charge on any atom is 0.0455 e. The molecule has 0 aliphatic heterocycles. The van der Waals surface area contributed by atoms with Crippen molar-refractivity contribution in [2.75, 3.05) is 5.75 Å². The van der Waals surface area contributed by atoms with Crippen LogP contribution in [0.1, 0.15) is 31.9 Å². The van der Waals surface area contributed by atoms with E-state index in [1.807, 2.05) is 17.8 Å². The van der Waals surface area contributed by atoms with Crippen LogP contribution in [-0.2, 0) is 0 Å². The van der Waals surface area contributed by atoms with E-state index in [0.29, 0.717) is 15.3 Å². The molecule has 4 heteroatoms. The summed E-state index contributed by atoms with van der Waals surface area (Å²) < 4.78 is 0. The first-order chi connectivity index (χ1) is 7.54. The minimum atomic E-state index is -0.0507. The molecule has 0 heterocycles. The van der Waals surface area contributed by atoms with Gasteiger partial charge in [0.1, 0.15) is 0 Å². The van der Waals surface area contributed by atoms with Crippen LogP contribution in [0.15, 0.2) is 18.2 Å². The number of benzene rings is 1. The number of hydrogen-bond acceptors (Lipinski definition) is 2. The number of thioether (sulfide) groups is 1. The maximum absolute atomic E-state index is 6.10. The van der Waals surface area contributed by atoms with Crippen molar-refractivity contribution in [1.29, 1.82) is 0 Å². The van der Waals surface area contributed by atoms with E-state index in [-0.39, 0.29) is 6.04 Å². The van der Waals surface area contributed by atoms with Crippen LogP contribution in [0, 0.1) is 0 Å². The molecule has 1 aromatic rings. The highest BCUT2D eigenvalue weighted by Crippen LogP contribution is 2.28. The SMILES string of the molecule is CCC(C)SCC(N)c1cc(Cl)ccc1Cl. The predicted molar refractivity (Wildman–Crippen MR) is 75.6 cm³/mol. The van der Waals surface area contributed by atoms with Gasteiger partial charge in [-0.2, -0.15) is 11.8 Å². The Morgan fingerprint density at radius 2 is 2.06 bits per heavy atom. The van der Waals surface area contributed by atoms with Crippen LogP contribution in [0.25, 0.3) is 0 Å². The molecule has 1 nitrogen and oxygen atoms in total. The van der Waals surface area contributed by atoms with Crippen molar-refractivity contribution in [2.45, 2.75) is 31.6 Å². The van der Waals surface area contributed by atoms with Gasteiger partial charge in [-0.05, 0) is 30.2 Å². The molecule has 2 N–H and O–H groups in total. The Labute approximate surface area is 112 Å². The second-order valence-electron chi connectivity index (χ2n) is 3.82. The third-order valence-electron chi connectivity index (χ3n) is 2.49. The Bertz CT molecular complexity index is 344. The largest absolute Gasteiger partial charge is 0.323 e. The summed E-state index contributed by atoms with van der Waals surface area (Å²) in [6, 6.07) is 5.38. The van der Waals surface area contributed by atoms with Gasteiger partial charge >= 0.3 is 0 Å². The molecule has 0 fully saturated rings. The highest BCUT2D eigenvalue weighted by molar-refractivity contribution is 7.99. The lowest BCUT2D eigenvalue weighted by atomic mass is 10.1. The fourth-order valence-electron chi connectivity index (χ4n) is 1.27. The average Bonchev–Trinajstić information content (AvgIpc) is 2.28. The number of rotatable bonds is 5. The number of hydrogen-bond donors (Lipinski definition) is 1. The van der Waals surface area contributed by atoms with Gasteiger partial charge in [-0.1, -0.05) is 37.0 Å². The zero-order chi connectivity index (χ0) is 12.1. The van der Waals surface area contributed by atoms with Gasteiger partial charge in [-0.15, -0.1) is 0 Å². The average molecular weight is 278 g/mol. The van der Waals surface area contributed by atoms with E-state index in [4.69, 9.17) is 28.9 Å². The van der Waals surface area contributed by atoms with Crippen molar-refractivity contribution in [1.82, 2.24) is 0 Å². The summed E-state index contributed by atoms with van der Waals surface area (Å²) in [5, 5.41) is 2.01. The van der Waals surface area contributed by atoms with E-state index in [9.17, 15) is 0 Å². The molecule has 2 atom stereocenters. The van der Waals surface area contributed by atoms with Crippen LogP contribution in [-0.4, -0.2) is 11.0 Å². The van der Waals surface area contributed by atoms with Crippen molar-refractivity contribution in [2.24, 2.45) is 5.73 Å². The normalized spacial score (nSPS) is 14.8. The molecule has 90 valence electrons. The Morgan fingerprint density at radius 3 is 2.69 bits per heavy atom. The quantitative estimate of drug-likeness (QED) is 0.856. The first kappa shape index (κ1) is 14.2. The number of halogens is 2. The topological polar surface area (TPSA) is 26.0 Å². The monoisotopic (exact) mass is 277 g/mol. The summed E-state index contributed by atoms with van der Waals surface area (Å²) in [5.74, 6) is 0.870. The lowest BCUT2D eigenvalue weighted by Gasteiger charge is -2.16. The van der Waals surface area contributed by atoms with Crippen molar-refractivity contribution in [3.05, 3.63) is 33.8 Å². The lowest BCUT2D eigenvalue weighted by Crippen LogP contribution is -2.15. The molecule has 2 unspecified atom stereocenters. The van der Waals surface area contributed by atoms with E-state index in [1.54, 1.807) is 12.1 Å². The summed E-state index contributed by atoms with van der Waals surface area (Å²) in [5.41, 5.74) is 7.04. The molecule has 1 aromatic carbocycles. The lowest BCUT2D eigenvalue weighted by molar-refractivity contribution is 0.821. The van der Waals surface area contributed by atoms with Gasteiger partial charge in [0.25, 0.3) is 0 Å². The van der Waals surface area contributed by atoms with Gasteiger partial charge in [-0.3, -0.25) is 0 Å². The van der Waals surface area contributed by atoms with E-state index < -0.39 is 0 Å². The number of nitrogens with two attached hydrogens (primary N) is 1. The summed E-state index contributed by atoms with van der Waals surface area (Å²) >= 11 is 13.9. The van der Waals surface area contributed by atoms with Crippen molar-refractivity contribution in [3.63, 3.8) is 0 Å². The van der Waals surface area contributed by atoms with Crippen molar-refractivity contribution >= 4 is 35.0 Å². The summed E-state index contributed by atoms with van der Waals surface area (Å²) in [4.78, 5) is 0. The zero-order valence-corrected chi connectivity index (χ0v) is 11.9. The van der Waals surface area contributed by atoms with Crippen LogP contribution in [0.3, 0.4) is 0 Å². The van der Waals surface area contributed by atoms with Crippen LogP contribution in [0.4, 0.5) is 0 Å². The summed E-state index contributed by atoms with van der Waals surface area (Å²) in [6.45, 7) is 4.38. The molecule has 0 bridgehead atoms. The molecular weight excluding hydrogens is 261 g/mol. The molecular formula is C12H17Cl2NS.